The Morgan fingerprint density at radius 2 is 1.82 bits per heavy atom. The molecule has 3 amide bonds. The molecule has 39 heavy (non-hydrogen) atoms. The average Bonchev–Trinajstić information content (AvgIpc) is 2.91. The average molecular weight is 538 g/mol. The molecular formula is C30H39N3O6. The van der Waals surface area contributed by atoms with E-state index in [0.29, 0.717) is 37.9 Å². The molecule has 0 aliphatic carbocycles. The van der Waals surface area contributed by atoms with Crippen molar-refractivity contribution in [3.63, 3.8) is 0 Å². The number of carbonyl (C=O) groups is 4. The van der Waals surface area contributed by atoms with Gasteiger partial charge in [0.05, 0.1) is 12.6 Å². The van der Waals surface area contributed by atoms with Gasteiger partial charge in [0.15, 0.2) is 0 Å². The summed E-state index contributed by atoms with van der Waals surface area (Å²) in [5.41, 5.74) is 0.160. The van der Waals surface area contributed by atoms with Gasteiger partial charge in [0.2, 0.25) is 11.8 Å². The lowest BCUT2D eigenvalue weighted by molar-refractivity contribution is -0.133. The summed E-state index contributed by atoms with van der Waals surface area (Å²) in [6.45, 7) is 6.00. The highest BCUT2D eigenvalue weighted by Crippen LogP contribution is 2.20. The Morgan fingerprint density at radius 1 is 1.10 bits per heavy atom. The highest BCUT2D eigenvalue weighted by Gasteiger charge is 2.38. The van der Waals surface area contributed by atoms with Crippen LogP contribution in [0.4, 0.5) is 4.79 Å². The molecule has 3 N–H and O–H groups in total. The van der Waals surface area contributed by atoms with Crippen LogP contribution in [-0.4, -0.2) is 48.4 Å². The van der Waals surface area contributed by atoms with E-state index in [0.717, 1.165) is 17.5 Å². The maximum Gasteiger partial charge on any atom is 0.408 e. The Kier molecular flexibility index (Phi) is 10.9. The molecule has 9 heteroatoms. The highest BCUT2D eigenvalue weighted by molar-refractivity contribution is 5.94. The van der Waals surface area contributed by atoms with Crippen LogP contribution in [0.1, 0.15) is 57.6 Å². The van der Waals surface area contributed by atoms with Crippen LogP contribution in [0.2, 0.25) is 0 Å². The topological polar surface area (TPSA) is 123 Å². The van der Waals surface area contributed by atoms with Gasteiger partial charge in [-0.25, -0.2) is 4.79 Å². The summed E-state index contributed by atoms with van der Waals surface area (Å²) in [6, 6.07) is 15.0. The molecule has 0 unspecified atom stereocenters. The maximum atomic E-state index is 13.7. The summed E-state index contributed by atoms with van der Waals surface area (Å²) in [5.74, 6) is -0.203. The lowest BCUT2D eigenvalue weighted by atomic mass is 9.90. The third-order valence-corrected chi connectivity index (χ3v) is 6.57. The third-order valence-electron chi connectivity index (χ3n) is 6.57. The Balaban J connectivity index is 1.86. The molecule has 210 valence electrons. The number of hydrogen-bond donors (Lipinski definition) is 3. The maximum absolute atomic E-state index is 13.7. The second-order valence-corrected chi connectivity index (χ2v) is 10.6. The molecule has 0 aromatic heterocycles. The van der Waals surface area contributed by atoms with Gasteiger partial charge in [-0.3, -0.25) is 9.59 Å². The number of alkyl carbamates (subject to hydrolysis) is 1. The number of amides is 3. The van der Waals surface area contributed by atoms with Gasteiger partial charge in [-0.05, 0) is 61.8 Å². The number of carbonyl (C=O) groups excluding carboxylic acids is 4. The van der Waals surface area contributed by atoms with Crippen molar-refractivity contribution in [1.29, 1.82) is 0 Å². The lowest BCUT2D eigenvalue weighted by Gasteiger charge is -2.32. The second kappa shape index (κ2) is 14.3. The molecule has 4 rings (SSSR count). The summed E-state index contributed by atoms with van der Waals surface area (Å²) < 4.78 is 11.2. The molecule has 0 spiro atoms. The van der Waals surface area contributed by atoms with E-state index in [-0.39, 0.29) is 18.9 Å². The van der Waals surface area contributed by atoms with Crippen LogP contribution < -0.4 is 20.7 Å². The molecule has 2 bridgehead atoms. The Hall–Kier alpha value is -3.88. The van der Waals surface area contributed by atoms with E-state index in [2.05, 4.69) is 16.0 Å². The summed E-state index contributed by atoms with van der Waals surface area (Å²) >= 11 is 0. The molecule has 0 fully saturated rings. The minimum Gasteiger partial charge on any atom is -0.494 e. The predicted molar refractivity (Wildman–Crippen MR) is 147 cm³/mol. The number of hydrogen-bond acceptors (Lipinski definition) is 6. The van der Waals surface area contributed by atoms with Crippen LogP contribution in [0, 0.1) is 5.92 Å². The number of ether oxygens (including phenoxy) is 2. The summed E-state index contributed by atoms with van der Waals surface area (Å²) in [7, 11) is 0. The molecule has 0 saturated carbocycles. The van der Waals surface area contributed by atoms with Crippen LogP contribution >= 0.6 is 0 Å². The van der Waals surface area contributed by atoms with E-state index in [4.69, 9.17) is 9.47 Å². The fourth-order valence-electron chi connectivity index (χ4n) is 4.41. The SMILES string of the molecule is CC(C)C[C@@H]1NC(=O)[C@@](C)(NC(=O)OCc2ccccc2)Cc2ccc(cc2)OCCCC[C@@H](C=O)NC1=O. The van der Waals surface area contributed by atoms with Gasteiger partial charge in [0.1, 0.15) is 30.2 Å². The zero-order valence-corrected chi connectivity index (χ0v) is 22.9. The number of rotatable bonds is 6. The first-order chi connectivity index (χ1) is 18.7. The molecule has 2 aliphatic heterocycles. The fraction of sp³-hybridized carbons (Fsp3) is 0.467. The Bertz CT molecular complexity index is 1110. The van der Waals surface area contributed by atoms with Crippen molar-refractivity contribution in [1.82, 2.24) is 16.0 Å². The van der Waals surface area contributed by atoms with Gasteiger partial charge in [-0.15, -0.1) is 0 Å². The summed E-state index contributed by atoms with van der Waals surface area (Å²) in [6.07, 6.45) is 2.35. The zero-order valence-electron chi connectivity index (χ0n) is 22.9. The first-order valence-electron chi connectivity index (χ1n) is 13.5. The Morgan fingerprint density at radius 3 is 2.49 bits per heavy atom. The van der Waals surface area contributed by atoms with E-state index in [1.54, 1.807) is 6.92 Å². The van der Waals surface area contributed by atoms with Crippen LogP contribution in [-0.2, 0) is 32.1 Å². The first kappa shape index (κ1) is 29.7. The van der Waals surface area contributed by atoms with Crippen LogP contribution in [0.5, 0.6) is 5.75 Å². The van der Waals surface area contributed by atoms with Gasteiger partial charge in [-0.1, -0.05) is 56.3 Å². The number of fused-ring (bicyclic) bond motifs is 14. The first-order valence-corrected chi connectivity index (χ1v) is 13.5. The molecule has 2 aliphatic rings. The minimum absolute atomic E-state index is 0.0435. The third kappa shape index (κ3) is 9.42. The van der Waals surface area contributed by atoms with Crippen molar-refractivity contribution in [2.45, 2.75) is 77.1 Å². The lowest BCUT2D eigenvalue weighted by Crippen LogP contribution is -2.62. The van der Waals surface area contributed by atoms with E-state index in [1.165, 1.54) is 0 Å². The quantitative estimate of drug-likeness (QED) is 0.483. The van der Waals surface area contributed by atoms with E-state index in [9.17, 15) is 19.2 Å². The minimum atomic E-state index is -1.44. The monoisotopic (exact) mass is 537 g/mol. The zero-order chi connectivity index (χ0) is 28.3. The normalized spacial score (nSPS) is 22.7. The van der Waals surface area contributed by atoms with Crippen molar-refractivity contribution in [3.05, 3.63) is 65.7 Å². The smallest absolute Gasteiger partial charge is 0.408 e. The molecule has 0 saturated heterocycles. The number of benzene rings is 2. The molecule has 2 aromatic carbocycles. The molecule has 0 radical (unpaired) electrons. The predicted octanol–water partition coefficient (Wildman–Crippen LogP) is 3.69. The molecule has 3 atom stereocenters. The van der Waals surface area contributed by atoms with E-state index in [1.807, 2.05) is 68.4 Å². The largest absolute Gasteiger partial charge is 0.494 e. The van der Waals surface area contributed by atoms with Gasteiger partial charge in [0.25, 0.3) is 0 Å². The van der Waals surface area contributed by atoms with Gasteiger partial charge in [-0.2, -0.15) is 0 Å². The number of aldehydes is 1. The standard InChI is InChI=1S/C30H39N3O6/c1-21(2)17-26-27(35)31-24(19-34)11-7-8-16-38-25-14-12-22(13-15-25)18-30(3,28(36)32-26)33-29(37)39-20-23-9-5-4-6-10-23/h4-6,9-10,12-15,19,21,24,26H,7-8,11,16-18,20H2,1-3H3,(H,31,35)(H,32,36)(H,33,37)/t24-,26-,30-/m0/s1. The van der Waals surface area contributed by atoms with Gasteiger partial charge < -0.3 is 30.2 Å². The Labute approximate surface area is 230 Å². The molecule has 2 heterocycles. The van der Waals surface area contributed by atoms with E-state index < -0.39 is 35.5 Å². The van der Waals surface area contributed by atoms with Crippen molar-refractivity contribution in [2.24, 2.45) is 5.92 Å². The van der Waals surface area contributed by atoms with Crippen molar-refractivity contribution < 1.29 is 28.7 Å². The summed E-state index contributed by atoms with van der Waals surface area (Å²) in [5, 5.41) is 8.33. The summed E-state index contributed by atoms with van der Waals surface area (Å²) in [4.78, 5) is 51.4. The van der Waals surface area contributed by atoms with Crippen molar-refractivity contribution in [3.8, 4) is 5.75 Å². The van der Waals surface area contributed by atoms with Crippen LogP contribution in [0.25, 0.3) is 0 Å². The molecule has 9 nitrogen and oxygen atoms in total. The van der Waals surface area contributed by atoms with Crippen molar-refractivity contribution in [2.75, 3.05) is 6.61 Å². The van der Waals surface area contributed by atoms with Crippen molar-refractivity contribution >= 4 is 24.2 Å². The van der Waals surface area contributed by atoms with Gasteiger partial charge >= 0.3 is 6.09 Å². The fourth-order valence-corrected chi connectivity index (χ4v) is 4.41. The van der Waals surface area contributed by atoms with Crippen LogP contribution in [0.3, 0.4) is 0 Å². The molecule has 2 aromatic rings. The van der Waals surface area contributed by atoms with Gasteiger partial charge in [0, 0.05) is 6.42 Å². The number of nitrogens with one attached hydrogen (secondary N) is 3. The second-order valence-electron chi connectivity index (χ2n) is 10.6. The molecular weight excluding hydrogens is 498 g/mol. The van der Waals surface area contributed by atoms with E-state index >= 15 is 0 Å². The highest BCUT2D eigenvalue weighted by atomic mass is 16.5. The van der Waals surface area contributed by atoms with Crippen LogP contribution in [0.15, 0.2) is 54.6 Å².